The van der Waals surface area contributed by atoms with Gasteiger partial charge in [-0.05, 0) is 13.3 Å². The standard InChI is InChI=1S/C12H21NO5/c1-3-4-5-10(12(17)18)13(8-9(2)14)7-6-11(15)16/h10H,3-8H2,1-2H3,(H,15,16)(H,17,18). The van der Waals surface area contributed by atoms with Crippen molar-refractivity contribution in [3.63, 3.8) is 0 Å². The van der Waals surface area contributed by atoms with Crippen molar-refractivity contribution in [2.75, 3.05) is 13.1 Å². The number of hydrogen-bond acceptors (Lipinski definition) is 4. The molecule has 0 amide bonds. The van der Waals surface area contributed by atoms with Crippen LogP contribution in [0.1, 0.15) is 39.5 Å². The lowest BCUT2D eigenvalue weighted by atomic mass is 10.1. The topological polar surface area (TPSA) is 94.9 Å². The van der Waals surface area contributed by atoms with E-state index in [0.29, 0.717) is 6.42 Å². The molecule has 0 aliphatic carbocycles. The maximum absolute atomic E-state index is 11.2. The Morgan fingerprint density at radius 3 is 2.22 bits per heavy atom. The molecule has 0 spiro atoms. The van der Waals surface area contributed by atoms with Crippen LogP contribution in [-0.4, -0.2) is 52.0 Å². The van der Waals surface area contributed by atoms with Crippen molar-refractivity contribution in [1.29, 1.82) is 0 Å². The smallest absolute Gasteiger partial charge is 0.320 e. The van der Waals surface area contributed by atoms with Gasteiger partial charge in [0.25, 0.3) is 0 Å². The van der Waals surface area contributed by atoms with E-state index in [1.54, 1.807) is 0 Å². The monoisotopic (exact) mass is 259 g/mol. The van der Waals surface area contributed by atoms with Crippen molar-refractivity contribution in [1.82, 2.24) is 4.90 Å². The van der Waals surface area contributed by atoms with Crippen molar-refractivity contribution >= 4 is 17.7 Å². The number of carboxylic acid groups (broad SMARTS) is 2. The van der Waals surface area contributed by atoms with E-state index in [9.17, 15) is 14.4 Å². The Morgan fingerprint density at radius 1 is 1.22 bits per heavy atom. The first-order chi connectivity index (χ1) is 8.38. The van der Waals surface area contributed by atoms with Crippen molar-refractivity contribution in [3.05, 3.63) is 0 Å². The number of rotatable bonds is 10. The fourth-order valence-corrected chi connectivity index (χ4v) is 1.73. The van der Waals surface area contributed by atoms with Gasteiger partial charge in [0.2, 0.25) is 0 Å². The molecule has 0 aliphatic heterocycles. The summed E-state index contributed by atoms with van der Waals surface area (Å²) in [5.74, 6) is -2.17. The summed E-state index contributed by atoms with van der Waals surface area (Å²) in [5.41, 5.74) is 0. The fraction of sp³-hybridized carbons (Fsp3) is 0.750. The number of aliphatic carboxylic acids is 2. The van der Waals surface area contributed by atoms with Crippen molar-refractivity contribution in [2.24, 2.45) is 0 Å². The largest absolute Gasteiger partial charge is 0.481 e. The first-order valence-electron chi connectivity index (χ1n) is 6.06. The molecule has 2 N–H and O–H groups in total. The predicted molar refractivity (Wildman–Crippen MR) is 65.5 cm³/mol. The van der Waals surface area contributed by atoms with Crippen LogP contribution in [0.25, 0.3) is 0 Å². The Balaban J connectivity index is 4.67. The predicted octanol–water partition coefficient (Wildman–Crippen LogP) is 0.995. The molecule has 18 heavy (non-hydrogen) atoms. The zero-order valence-electron chi connectivity index (χ0n) is 10.9. The van der Waals surface area contributed by atoms with Crippen LogP contribution in [0.5, 0.6) is 0 Å². The van der Waals surface area contributed by atoms with Crippen LogP contribution in [0, 0.1) is 0 Å². The molecule has 104 valence electrons. The van der Waals surface area contributed by atoms with Gasteiger partial charge in [-0.25, -0.2) is 0 Å². The van der Waals surface area contributed by atoms with E-state index in [1.165, 1.54) is 11.8 Å². The van der Waals surface area contributed by atoms with E-state index in [1.807, 2.05) is 6.92 Å². The van der Waals surface area contributed by atoms with Crippen LogP contribution in [0.15, 0.2) is 0 Å². The highest BCUT2D eigenvalue weighted by Gasteiger charge is 2.26. The summed E-state index contributed by atoms with van der Waals surface area (Å²) in [4.78, 5) is 34.3. The maximum atomic E-state index is 11.2. The number of unbranched alkanes of at least 4 members (excludes halogenated alkanes) is 1. The summed E-state index contributed by atoms with van der Waals surface area (Å²) in [7, 11) is 0. The van der Waals surface area contributed by atoms with Gasteiger partial charge in [0, 0.05) is 6.54 Å². The summed E-state index contributed by atoms with van der Waals surface area (Å²) < 4.78 is 0. The molecular formula is C12H21NO5. The maximum Gasteiger partial charge on any atom is 0.320 e. The molecule has 0 radical (unpaired) electrons. The second-order valence-corrected chi connectivity index (χ2v) is 4.31. The number of carboxylic acids is 2. The average Bonchev–Trinajstić information content (AvgIpc) is 2.24. The van der Waals surface area contributed by atoms with Gasteiger partial charge in [0.05, 0.1) is 13.0 Å². The third-order valence-corrected chi connectivity index (χ3v) is 2.60. The van der Waals surface area contributed by atoms with E-state index in [0.717, 1.165) is 12.8 Å². The molecule has 1 unspecified atom stereocenters. The highest BCUT2D eigenvalue weighted by Crippen LogP contribution is 2.10. The molecule has 0 saturated heterocycles. The minimum Gasteiger partial charge on any atom is -0.481 e. The Kier molecular flexibility index (Phi) is 7.94. The number of carbonyl (C=O) groups is 3. The highest BCUT2D eigenvalue weighted by molar-refractivity contribution is 5.79. The normalized spacial score (nSPS) is 12.4. The van der Waals surface area contributed by atoms with Crippen molar-refractivity contribution in [2.45, 2.75) is 45.6 Å². The Hall–Kier alpha value is -1.43. The summed E-state index contributed by atoms with van der Waals surface area (Å²) >= 11 is 0. The van der Waals surface area contributed by atoms with Gasteiger partial charge in [0.15, 0.2) is 0 Å². The van der Waals surface area contributed by atoms with Crippen LogP contribution < -0.4 is 0 Å². The summed E-state index contributed by atoms with van der Waals surface area (Å²) in [6, 6.07) is -0.784. The number of nitrogens with zero attached hydrogens (tertiary/aromatic N) is 1. The molecule has 0 aliphatic rings. The first-order valence-corrected chi connectivity index (χ1v) is 6.06. The molecule has 6 nitrogen and oxygen atoms in total. The van der Waals surface area contributed by atoms with Gasteiger partial charge < -0.3 is 10.2 Å². The lowest BCUT2D eigenvalue weighted by molar-refractivity contribution is -0.146. The highest BCUT2D eigenvalue weighted by atomic mass is 16.4. The average molecular weight is 259 g/mol. The Bertz CT molecular complexity index is 303. The minimum atomic E-state index is -1.00. The molecule has 0 aromatic carbocycles. The van der Waals surface area contributed by atoms with E-state index in [4.69, 9.17) is 10.2 Å². The zero-order valence-corrected chi connectivity index (χ0v) is 10.9. The van der Waals surface area contributed by atoms with Crippen LogP contribution in [0.3, 0.4) is 0 Å². The quantitative estimate of drug-likeness (QED) is 0.607. The molecular weight excluding hydrogens is 238 g/mol. The summed E-state index contributed by atoms with van der Waals surface area (Å²) in [5, 5.41) is 17.8. The van der Waals surface area contributed by atoms with Gasteiger partial charge in [-0.1, -0.05) is 19.8 Å². The van der Waals surface area contributed by atoms with Crippen LogP contribution in [-0.2, 0) is 14.4 Å². The lowest BCUT2D eigenvalue weighted by Gasteiger charge is -2.27. The SMILES string of the molecule is CCCCC(C(=O)O)N(CCC(=O)O)CC(C)=O. The third-order valence-electron chi connectivity index (χ3n) is 2.60. The van der Waals surface area contributed by atoms with Crippen LogP contribution in [0.2, 0.25) is 0 Å². The zero-order chi connectivity index (χ0) is 14.1. The molecule has 6 heteroatoms. The van der Waals surface area contributed by atoms with Gasteiger partial charge in [-0.3, -0.25) is 19.3 Å². The molecule has 0 heterocycles. The third kappa shape index (κ3) is 7.01. The molecule has 0 aromatic rings. The second kappa shape index (κ2) is 8.63. The summed E-state index contributed by atoms with van der Waals surface area (Å²) in [6.07, 6.45) is 1.86. The van der Waals surface area contributed by atoms with Gasteiger partial charge >= 0.3 is 11.9 Å². The molecule has 0 saturated carbocycles. The van der Waals surface area contributed by atoms with E-state index >= 15 is 0 Å². The molecule has 0 rings (SSSR count). The minimum absolute atomic E-state index is 0.0199. The molecule has 1 atom stereocenters. The molecule has 0 fully saturated rings. The Labute approximate surface area is 107 Å². The number of Topliss-reactive ketones (excluding diaryl/α,β-unsaturated/α-hetero) is 1. The van der Waals surface area contributed by atoms with Gasteiger partial charge in [0.1, 0.15) is 11.8 Å². The fourth-order valence-electron chi connectivity index (χ4n) is 1.73. The van der Waals surface area contributed by atoms with Gasteiger partial charge in [-0.15, -0.1) is 0 Å². The number of carbonyl (C=O) groups excluding carboxylic acids is 1. The Morgan fingerprint density at radius 2 is 1.83 bits per heavy atom. The van der Waals surface area contributed by atoms with E-state index in [2.05, 4.69) is 0 Å². The van der Waals surface area contributed by atoms with Crippen LogP contribution in [0.4, 0.5) is 0 Å². The van der Waals surface area contributed by atoms with Crippen molar-refractivity contribution < 1.29 is 24.6 Å². The van der Waals surface area contributed by atoms with E-state index in [-0.39, 0.29) is 25.3 Å². The van der Waals surface area contributed by atoms with Crippen molar-refractivity contribution in [3.8, 4) is 0 Å². The molecule has 0 aromatic heterocycles. The second-order valence-electron chi connectivity index (χ2n) is 4.31. The first kappa shape index (κ1) is 16.6. The summed E-state index contributed by atoms with van der Waals surface area (Å²) in [6.45, 7) is 3.38. The van der Waals surface area contributed by atoms with E-state index < -0.39 is 18.0 Å². The lowest BCUT2D eigenvalue weighted by Crippen LogP contribution is -2.44. The van der Waals surface area contributed by atoms with Gasteiger partial charge in [-0.2, -0.15) is 0 Å². The molecule has 0 bridgehead atoms. The number of hydrogen-bond donors (Lipinski definition) is 2. The van der Waals surface area contributed by atoms with Crippen LogP contribution >= 0.6 is 0 Å². The number of ketones is 1.